The highest BCUT2D eigenvalue weighted by Crippen LogP contribution is 2.22. The summed E-state index contributed by atoms with van der Waals surface area (Å²) < 4.78 is 0. The fraction of sp³-hybridized carbons (Fsp3) is 0.600. The molecule has 2 amide bonds. The number of likely N-dealkylation sites (N-methyl/N-ethyl adjacent to an activating group) is 1. The first-order valence-corrected chi connectivity index (χ1v) is 7.89. The van der Waals surface area contributed by atoms with Gasteiger partial charge in [0.25, 0.3) is 0 Å². The van der Waals surface area contributed by atoms with Crippen molar-refractivity contribution in [1.29, 1.82) is 0 Å². The van der Waals surface area contributed by atoms with Gasteiger partial charge in [-0.3, -0.25) is 9.59 Å². The van der Waals surface area contributed by atoms with Crippen molar-refractivity contribution in [2.75, 3.05) is 13.6 Å². The van der Waals surface area contributed by atoms with Crippen LogP contribution in [-0.4, -0.2) is 36.3 Å². The summed E-state index contributed by atoms with van der Waals surface area (Å²) in [6, 6.07) is 1.89. The van der Waals surface area contributed by atoms with Crippen molar-refractivity contribution in [2.24, 2.45) is 0 Å². The van der Waals surface area contributed by atoms with E-state index >= 15 is 0 Å². The van der Waals surface area contributed by atoms with Crippen LogP contribution in [0.1, 0.15) is 34.6 Å². The quantitative estimate of drug-likeness (QED) is 0.903. The number of carbonyl (C=O) groups excluding carboxylic acids is 2. The Balaban J connectivity index is 1.73. The Morgan fingerprint density at radius 2 is 2.25 bits per heavy atom. The molecule has 20 heavy (non-hydrogen) atoms. The zero-order valence-corrected chi connectivity index (χ0v) is 13.2. The maximum Gasteiger partial charge on any atom is 0.244 e. The lowest BCUT2D eigenvalue weighted by molar-refractivity contribution is -0.131. The largest absolute Gasteiger partial charge is 0.344 e. The van der Waals surface area contributed by atoms with E-state index in [1.807, 2.05) is 0 Å². The molecule has 1 fully saturated rings. The molecule has 110 valence electrons. The number of likely N-dealkylation sites (tertiary alicyclic amines) is 1. The highest BCUT2D eigenvalue weighted by molar-refractivity contribution is 7.12. The highest BCUT2D eigenvalue weighted by Gasteiger charge is 2.29. The molecule has 4 nitrogen and oxygen atoms in total. The Hall–Kier alpha value is -1.36. The van der Waals surface area contributed by atoms with Crippen molar-refractivity contribution in [3.05, 3.63) is 21.4 Å². The third-order valence-corrected chi connectivity index (χ3v) is 4.76. The zero-order chi connectivity index (χ0) is 14.7. The van der Waals surface area contributed by atoms with E-state index in [4.69, 9.17) is 0 Å². The van der Waals surface area contributed by atoms with Crippen molar-refractivity contribution in [2.45, 2.75) is 45.6 Å². The van der Waals surface area contributed by atoms with Crippen molar-refractivity contribution in [1.82, 2.24) is 10.2 Å². The van der Waals surface area contributed by atoms with Gasteiger partial charge in [0, 0.05) is 29.8 Å². The molecule has 0 unspecified atom stereocenters. The van der Waals surface area contributed by atoms with Gasteiger partial charge in [-0.2, -0.15) is 0 Å². The first-order valence-electron chi connectivity index (χ1n) is 7.07. The fourth-order valence-electron chi connectivity index (χ4n) is 2.59. The third-order valence-electron chi connectivity index (χ3n) is 3.76. The number of nitrogens with zero attached hydrogens (tertiary/aromatic N) is 1. The number of carbonyl (C=O) groups is 2. The number of aryl methyl sites for hydroxylation is 3. The molecule has 1 aromatic heterocycles. The SMILES string of the molecule is Cc1cc(CCCC(=O)N[C@@H]2CCN(C)C2=O)c(C)s1. The van der Waals surface area contributed by atoms with Crippen LogP contribution in [-0.2, 0) is 16.0 Å². The van der Waals surface area contributed by atoms with Gasteiger partial charge in [0.1, 0.15) is 6.04 Å². The van der Waals surface area contributed by atoms with E-state index in [1.165, 1.54) is 15.3 Å². The molecule has 1 N–H and O–H groups in total. The molecule has 0 radical (unpaired) electrons. The molecule has 1 aromatic rings. The number of rotatable bonds is 5. The molecule has 0 spiro atoms. The van der Waals surface area contributed by atoms with Crippen LogP contribution in [0.25, 0.3) is 0 Å². The van der Waals surface area contributed by atoms with Gasteiger partial charge in [0.05, 0.1) is 0 Å². The molecule has 1 atom stereocenters. The van der Waals surface area contributed by atoms with Crippen LogP contribution >= 0.6 is 11.3 Å². The maximum atomic E-state index is 11.9. The van der Waals surface area contributed by atoms with Gasteiger partial charge in [-0.25, -0.2) is 0 Å². The lowest BCUT2D eigenvalue weighted by atomic mass is 10.1. The molecule has 0 aliphatic carbocycles. The smallest absolute Gasteiger partial charge is 0.244 e. The molecule has 2 rings (SSSR count). The molecule has 2 heterocycles. The minimum absolute atomic E-state index is 0.0109. The van der Waals surface area contributed by atoms with E-state index < -0.39 is 0 Å². The van der Waals surface area contributed by atoms with Crippen LogP contribution in [0.2, 0.25) is 0 Å². The average Bonchev–Trinajstić information content (AvgIpc) is 2.86. The third kappa shape index (κ3) is 3.60. The molecule has 0 aromatic carbocycles. The molecule has 1 aliphatic rings. The van der Waals surface area contributed by atoms with E-state index in [-0.39, 0.29) is 17.9 Å². The summed E-state index contributed by atoms with van der Waals surface area (Å²) in [7, 11) is 1.77. The van der Waals surface area contributed by atoms with E-state index in [0.717, 1.165) is 25.8 Å². The topological polar surface area (TPSA) is 49.4 Å². The molecule has 5 heteroatoms. The zero-order valence-electron chi connectivity index (χ0n) is 12.4. The Morgan fingerprint density at radius 3 is 2.80 bits per heavy atom. The van der Waals surface area contributed by atoms with Crippen molar-refractivity contribution in [3.8, 4) is 0 Å². The second-order valence-electron chi connectivity index (χ2n) is 5.46. The Bertz CT molecular complexity index is 510. The van der Waals surface area contributed by atoms with Crippen molar-refractivity contribution in [3.63, 3.8) is 0 Å². The van der Waals surface area contributed by atoms with E-state index in [1.54, 1.807) is 23.3 Å². The molecule has 1 saturated heterocycles. The molecular formula is C15H22N2O2S. The molecular weight excluding hydrogens is 272 g/mol. The number of hydrogen-bond donors (Lipinski definition) is 1. The summed E-state index contributed by atoms with van der Waals surface area (Å²) in [5.74, 6) is 0.0194. The van der Waals surface area contributed by atoms with Crippen LogP contribution in [0.15, 0.2) is 6.07 Å². The fourth-order valence-corrected chi connectivity index (χ4v) is 3.57. The van der Waals surface area contributed by atoms with Gasteiger partial charge in [-0.05, 0) is 44.7 Å². The normalized spacial score (nSPS) is 18.6. The van der Waals surface area contributed by atoms with Crippen LogP contribution in [0.5, 0.6) is 0 Å². The second-order valence-corrected chi connectivity index (χ2v) is 6.92. The van der Waals surface area contributed by atoms with Gasteiger partial charge < -0.3 is 10.2 Å². The monoisotopic (exact) mass is 294 g/mol. The molecule has 1 aliphatic heterocycles. The summed E-state index contributed by atoms with van der Waals surface area (Å²) in [5.41, 5.74) is 1.34. The summed E-state index contributed by atoms with van der Waals surface area (Å²) in [4.78, 5) is 27.9. The van der Waals surface area contributed by atoms with Gasteiger partial charge in [0.15, 0.2) is 0 Å². The minimum Gasteiger partial charge on any atom is -0.344 e. The highest BCUT2D eigenvalue weighted by atomic mass is 32.1. The van der Waals surface area contributed by atoms with E-state index in [2.05, 4.69) is 25.2 Å². The average molecular weight is 294 g/mol. The summed E-state index contributed by atoms with van der Waals surface area (Å²) in [6.07, 6.45) is 2.98. The number of hydrogen-bond acceptors (Lipinski definition) is 3. The van der Waals surface area contributed by atoms with Gasteiger partial charge in [-0.1, -0.05) is 0 Å². The number of nitrogens with one attached hydrogen (secondary N) is 1. The number of thiophene rings is 1. The van der Waals surface area contributed by atoms with E-state index in [0.29, 0.717) is 6.42 Å². The predicted molar refractivity (Wildman–Crippen MR) is 80.9 cm³/mol. The lowest BCUT2D eigenvalue weighted by Gasteiger charge is -2.12. The minimum atomic E-state index is -0.308. The molecule has 0 bridgehead atoms. The van der Waals surface area contributed by atoms with Crippen LogP contribution in [0, 0.1) is 13.8 Å². The summed E-state index contributed by atoms with van der Waals surface area (Å²) >= 11 is 1.80. The Labute approximate surface area is 124 Å². The van der Waals surface area contributed by atoms with E-state index in [9.17, 15) is 9.59 Å². The van der Waals surface area contributed by atoms with Crippen LogP contribution in [0.3, 0.4) is 0 Å². The van der Waals surface area contributed by atoms with Crippen molar-refractivity contribution < 1.29 is 9.59 Å². The van der Waals surface area contributed by atoms with Gasteiger partial charge >= 0.3 is 0 Å². The van der Waals surface area contributed by atoms with Crippen LogP contribution < -0.4 is 5.32 Å². The summed E-state index contributed by atoms with van der Waals surface area (Å²) in [5, 5.41) is 2.84. The number of amides is 2. The lowest BCUT2D eigenvalue weighted by Crippen LogP contribution is -2.40. The second kappa shape index (κ2) is 6.39. The Morgan fingerprint density at radius 1 is 1.50 bits per heavy atom. The first-order chi connectivity index (χ1) is 9.47. The standard InChI is InChI=1S/C15H22N2O2S/c1-10-9-12(11(2)20-10)5-4-6-14(18)16-13-7-8-17(3)15(13)19/h9,13H,4-8H2,1-3H3,(H,16,18)/t13-/m1/s1. The summed E-state index contributed by atoms with van der Waals surface area (Å²) in [6.45, 7) is 4.97. The molecule has 0 saturated carbocycles. The van der Waals surface area contributed by atoms with Crippen molar-refractivity contribution >= 4 is 23.2 Å². The Kier molecular flexibility index (Phi) is 4.81. The first kappa shape index (κ1) is 15.0. The maximum absolute atomic E-state index is 11.9. The van der Waals surface area contributed by atoms with Gasteiger partial charge in [0.2, 0.25) is 11.8 Å². The van der Waals surface area contributed by atoms with Crippen LogP contribution in [0.4, 0.5) is 0 Å². The predicted octanol–water partition coefficient (Wildman–Crippen LogP) is 2.03. The van der Waals surface area contributed by atoms with Gasteiger partial charge in [-0.15, -0.1) is 11.3 Å².